The van der Waals surface area contributed by atoms with Gasteiger partial charge in [-0.1, -0.05) is 48.5 Å². The summed E-state index contributed by atoms with van der Waals surface area (Å²) in [5, 5.41) is 0. The maximum atomic E-state index is 12.7. The maximum absolute atomic E-state index is 12.7. The van der Waals surface area contributed by atoms with Crippen LogP contribution in [-0.4, -0.2) is 5.78 Å². The Kier molecular flexibility index (Phi) is 3.01. The smallest absolute Gasteiger partial charge is 0.193 e. The summed E-state index contributed by atoms with van der Waals surface area (Å²) < 4.78 is 5.83. The molecular formula is C20H14O2. The van der Waals surface area contributed by atoms with Crippen molar-refractivity contribution < 1.29 is 9.53 Å². The van der Waals surface area contributed by atoms with Crippen LogP contribution in [0.5, 0.6) is 11.5 Å². The fraction of sp³-hybridized carbons (Fsp3) is 0.0500. The molecule has 0 N–H and O–H groups in total. The highest BCUT2D eigenvalue weighted by atomic mass is 16.5. The van der Waals surface area contributed by atoms with Crippen LogP contribution >= 0.6 is 0 Å². The number of hydrogen-bond acceptors (Lipinski definition) is 2. The van der Waals surface area contributed by atoms with Gasteiger partial charge in [0.25, 0.3) is 0 Å². The number of para-hydroxylation sites is 1. The minimum atomic E-state index is 0.0790. The van der Waals surface area contributed by atoms with E-state index in [2.05, 4.69) is 0 Å². The van der Waals surface area contributed by atoms with Crippen LogP contribution in [0.4, 0.5) is 0 Å². The first-order valence-corrected chi connectivity index (χ1v) is 7.30. The van der Waals surface area contributed by atoms with Crippen LogP contribution < -0.4 is 4.74 Å². The largest absolute Gasteiger partial charge is 0.457 e. The predicted molar refractivity (Wildman–Crippen MR) is 85.6 cm³/mol. The highest BCUT2D eigenvalue weighted by Crippen LogP contribution is 2.31. The molecule has 0 aliphatic heterocycles. The summed E-state index contributed by atoms with van der Waals surface area (Å²) in [7, 11) is 0. The Morgan fingerprint density at radius 3 is 2.27 bits per heavy atom. The molecule has 0 amide bonds. The van der Waals surface area contributed by atoms with Crippen molar-refractivity contribution in [2.45, 2.75) is 6.42 Å². The van der Waals surface area contributed by atoms with Gasteiger partial charge in [0.05, 0.1) is 0 Å². The molecule has 3 aromatic carbocycles. The van der Waals surface area contributed by atoms with E-state index in [4.69, 9.17) is 4.74 Å². The van der Waals surface area contributed by atoms with E-state index < -0.39 is 0 Å². The molecule has 1 aliphatic carbocycles. The molecule has 22 heavy (non-hydrogen) atoms. The molecule has 0 unspecified atom stereocenters. The van der Waals surface area contributed by atoms with Crippen LogP contribution in [0, 0.1) is 0 Å². The Balaban J connectivity index is 1.71. The van der Waals surface area contributed by atoms with Crippen LogP contribution in [0.15, 0.2) is 72.8 Å². The van der Waals surface area contributed by atoms with Gasteiger partial charge in [-0.2, -0.15) is 0 Å². The Hall–Kier alpha value is -2.87. The highest BCUT2D eigenvalue weighted by Gasteiger charge is 2.23. The first kappa shape index (κ1) is 12.8. The summed E-state index contributed by atoms with van der Waals surface area (Å²) in [5.74, 6) is 1.54. The topological polar surface area (TPSA) is 26.3 Å². The summed E-state index contributed by atoms with van der Waals surface area (Å²) in [5.41, 5.74) is 3.69. The molecule has 0 fully saturated rings. The lowest BCUT2D eigenvalue weighted by molar-refractivity contribution is 0.103. The highest BCUT2D eigenvalue weighted by molar-refractivity contribution is 6.12. The molecule has 0 saturated carbocycles. The van der Waals surface area contributed by atoms with Crippen LogP contribution in [0.1, 0.15) is 27.0 Å². The molecule has 0 saturated heterocycles. The summed E-state index contributed by atoms with van der Waals surface area (Å²) >= 11 is 0. The predicted octanol–water partition coefficient (Wildman–Crippen LogP) is 4.61. The van der Waals surface area contributed by atoms with Crippen molar-refractivity contribution in [2.24, 2.45) is 0 Å². The second-order valence-corrected chi connectivity index (χ2v) is 5.40. The molecule has 1 aliphatic rings. The molecule has 4 rings (SSSR count). The minimum absolute atomic E-state index is 0.0790. The molecular weight excluding hydrogens is 272 g/mol. The Morgan fingerprint density at radius 1 is 0.682 bits per heavy atom. The zero-order valence-corrected chi connectivity index (χ0v) is 12.0. The summed E-state index contributed by atoms with van der Waals surface area (Å²) in [4.78, 5) is 12.7. The first-order valence-electron chi connectivity index (χ1n) is 7.30. The number of fused-ring (bicyclic) bond motifs is 2. The van der Waals surface area contributed by atoms with Crippen molar-refractivity contribution >= 4 is 5.78 Å². The standard InChI is InChI=1S/C20H14O2/c21-20-18-9-5-4-6-14(18)12-15-10-11-17(13-19(15)20)22-16-7-2-1-3-8-16/h1-11,13H,12H2. The van der Waals surface area contributed by atoms with Gasteiger partial charge >= 0.3 is 0 Å². The van der Waals surface area contributed by atoms with Gasteiger partial charge < -0.3 is 4.74 Å². The van der Waals surface area contributed by atoms with Gasteiger partial charge in [0.1, 0.15) is 11.5 Å². The quantitative estimate of drug-likeness (QED) is 0.537. The van der Waals surface area contributed by atoms with E-state index in [1.165, 1.54) is 0 Å². The van der Waals surface area contributed by atoms with Gasteiger partial charge in [-0.15, -0.1) is 0 Å². The van der Waals surface area contributed by atoms with E-state index in [1.54, 1.807) is 0 Å². The van der Waals surface area contributed by atoms with E-state index in [0.29, 0.717) is 5.75 Å². The number of ether oxygens (including phenoxy) is 1. The fourth-order valence-corrected chi connectivity index (χ4v) is 2.86. The SMILES string of the molecule is O=C1c2ccccc2Cc2ccc(Oc3ccccc3)cc21. The van der Waals surface area contributed by atoms with E-state index in [-0.39, 0.29) is 5.78 Å². The van der Waals surface area contributed by atoms with Crippen molar-refractivity contribution in [3.05, 3.63) is 95.1 Å². The van der Waals surface area contributed by atoms with Gasteiger partial charge in [-0.25, -0.2) is 0 Å². The van der Waals surface area contributed by atoms with E-state index >= 15 is 0 Å². The first-order chi connectivity index (χ1) is 10.8. The van der Waals surface area contributed by atoms with E-state index in [0.717, 1.165) is 34.4 Å². The molecule has 0 spiro atoms. The number of carbonyl (C=O) groups excluding carboxylic acids is 1. The average molecular weight is 286 g/mol. The third-order valence-electron chi connectivity index (χ3n) is 3.95. The third kappa shape index (κ3) is 2.19. The molecule has 0 heterocycles. The van der Waals surface area contributed by atoms with Crippen LogP contribution in [0.3, 0.4) is 0 Å². The van der Waals surface area contributed by atoms with Crippen LogP contribution in [0.25, 0.3) is 0 Å². The second kappa shape index (κ2) is 5.15. The van der Waals surface area contributed by atoms with E-state index in [1.807, 2.05) is 72.8 Å². The zero-order valence-electron chi connectivity index (χ0n) is 12.0. The number of hydrogen-bond donors (Lipinski definition) is 0. The summed E-state index contributed by atoms with van der Waals surface area (Å²) in [6.45, 7) is 0. The second-order valence-electron chi connectivity index (χ2n) is 5.40. The maximum Gasteiger partial charge on any atom is 0.193 e. The molecule has 106 valence electrons. The van der Waals surface area contributed by atoms with Crippen molar-refractivity contribution in [3.63, 3.8) is 0 Å². The zero-order chi connectivity index (χ0) is 14.9. The number of carbonyl (C=O) groups is 1. The molecule has 3 aromatic rings. The number of benzene rings is 3. The van der Waals surface area contributed by atoms with Crippen molar-refractivity contribution in [3.8, 4) is 11.5 Å². The lowest BCUT2D eigenvalue weighted by Gasteiger charge is -2.19. The van der Waals surface area contributed by atoms with Crippen molar-refractivity contribution in [1.82, 2.24) is 0 Å². The molecule has 0 radical (unpaired) electrons. The van der Waals surface area contributed by atoms with E-state index in [9.17, 15) is 4.79 Å². The summed E-state index contributed by atoms with van der Waals surface area (Å²) in [6.07, 6.45) is 0.795. The monoisotopic (exact) mass is 286 g/mol. The van der Waals surface area contributed by atoms with Gasteiger partial charge in [0.15, 0.2) is 5.78 Å². The van der Waals surface area contributed by atoms with Crippen LogP contribution in [0.2, 0.25) is 0 Å². The Labute approximate surface area is 129 Å². The van der Waals surface area contributed by atoms with Crippen molar-refractivity contribution in [1.29, 1.82) is 0 Å². The lowest BCUT2D eigenvalue weighted by atomic mass is 9.85. The Morgan fingerprint density at radius 2 is 1.41 bits per heavy atom. The molecule has 0 aromatic heterocycles. The number of ketones is 1. The van der Waals surface area contributed by atoms with Crippen LogP contribution in [-0.2, 0) is 6.42 Å². The molecule has 2 heteroatoms. The number of rotatable bonds is 2. The lowest BCUT2D eigenvalue weighted by Crippen LogP contribution is -2.14. The van der Waals surface area contributed by atoms with Crippen molar-refractivity contribution in [2.75, 3.05) is 0 Å². The van der Waals surface area contributed by atoms with Gasteiger partial charge in [-0.3, -0.25) is 4.79 Å². The Bertz CT molecular complexity index is 851. The van der Waals surface area contributed by atoms with Gasteiger partial charge in [-0.05, 0) is 41.8 Å². The normalized spacial score (nSPS) is 12.5. The average Bonchev–Trinajstić information content (AvgIpc) is 2.57. The van der Waals surface area contributed by atoms with Gasteiger partial charge in [0, 0.05) is 11.1 Å². The summed E-state index contributed by atoms with van der Waals surface area (Å²) in [6, 6.07) is 23.2. The molecule has 0 atom stereocenters. The van der Waals surface area contributed by atoms with Gasteiger partial charge in [0.2, 0.25) is 0 Å². The fourth-order valence-electron chi connectivity index (χ4n) is 2.86. The molecule has 0 bridgehead atoms. The third-order valence-corrected chi connectivity index (χ3v) is 3.95. The molecule has 2 nitrogen and oxygen atoms in total. The minimum Gasteiger partial charge on any atom is -0.457 e.